The van der Waals surface area contributed by atoms with E-state index < -0.39 is 0 Å². The van der Waals surface area contributed by atoms with Gasteiger partial charge in [-0.05, 0) is 25.0 Å². The van der Waals surface area contributed by atoms with E-state index in [4.69, 9.17) is 5.73 Å². The molecule has 1 saturated carbocycles. The number of carbonyl (C=O) groups is 1. The second kappa shape index (κ2) is 7.66. The largest absolute Gasteiger partial charge is 0.327 e. The van der Waals surface area contributed by atoms with Gasteiger partial charge in [-0.25, -0.2) is 4.98 Å². The molecule has 1 aliphatic rings. The summed E-state index contributed by atoms with van der Waals surface area (Å²) in [6.45, 7) is 0. The van der Waals surface area contributed by atoms with Gasteiger partial charge < -0.3 is 11.1 Å². The topological polar surface area (TPSA) is 80.9 Å². The molecule has 1 fully saturated rings. The van der Waals surface area contributed by atoms with Crippen LogP contribution in [0.25, 0.3) is 11.4 Å². The van der Waals surface area contributed by atoms with E-state index in [2.05, 4.69) is 15.3 Å². The SMILES string of the molecule is NC1CCCCCCC1C(=O)Nc1nc(-c2ccccn2)cs1. The maximum Gasteiger partial charge on any atom is 0.230 e. The van der Waals surface area contributed by atoms with Crippen LogP contribution in [0.2, 0.25) is 0 Å². The first-order chi connectivity index (χ1) is 11.2. The van der Waals surface area contributed by atoms with E-state index >= 15 is 0 Å². The molecule has 0 aliphatic heterocycles. The Morgan fingerprint density at radius 3 is 2.78 bits per heavy atom. The molecule has 2 unspecified atom stereocenters. The third-order valence-electron chi connectivity index (χ3n) is 4.32. The Morgan fingerprint density at radius 2 is 2.00 bits per heavy atom. The standard InChI is InChI=1S/C17H22N4OS/c18-13-8-4-2-1-3-7-12(13)16(22)21-17-20-15(11-23-17)14-9-5-6-10-19-14/h5-6,9-13H,1-4,7-8,18H2,(H,20,21,22). The predicted molar refractivity (Wildman–Crippen MR) is 93.1 cm³/mol. The van der Waals surface area contributed by atoms with Crippen molar-refractivity contribution < 1.29 is 4.79 Å². The molecule has 1 amide bonds. The van der Waals surface area contributed by atoms with Gasteiger partial charge in [-0.1, -0.05) is 31.7 Å². The van der Waals surface area contributed by atoms with Crippen molar-refractivity contribution in [3.63, 3.8) is 0 Å². The maximum atomic E-state index is 12.5. The van der Waals surface area contributed by atoms with Crippen LogP contribution in [-0.2, 0) is 4.79 Å². The number of nitrogens with two attached hydrogens (primary N) is 1. The van der Waals surface area contributed by atoms with E-state index in [1.165, 1.54) is 24.2 Å². The lowest BCUT2D eigenvalue weighted by molar-refractivity contribution is -0.120. The van der Waals surface area contributed by atoms with Crippen LogP contribution in [0.4, 0.5) is 5.13 Å². The number of nitrogens with zero attached hydrogens (tertiary/aromatic N) is 2. The summed E-state index contributed by atoms with van der Waals surface area (Å²) in [7, 11) is 0. The highest BCUT2D eigenvalue weighted by Gasteiger charge is 2.26. The molecule has 5 nitrogen and oxygen atoms in total. The maximum absolute atomic E-state index is 12.5. The number of amides is 1. The van der Waals surface area contributed by atoms with Crippen LogP contribution < -0.4 is 11.1 Å². The fourth-order valence-corrected chi connectivity index (χ4v) is 3.71. The molecule has 3 N–H and O–H groups in total. The van der Waals surface area contributed by atoms with Crippen LogP contribution in [-0.4, -0.2) is 21.9 Å². The third-order valence-corrected chi connectivity index (χ3v) is 5.08. The minimum Gasteiger partial charge on any atom is -0.327 e. The summed E-state index contributed by atoms with van der Waals surface area (Å²) in [5.41, 5.74) is 7.81. The quantitative estimate of drug-likeness (QED) is 0.903. The molecule has 122 valence electrons. The molecule has 6 heteroatoms. The van der Waals surface area contributed by atoms with E-state index in [0.717, 1.165) is 37.1 Å². The summed E-state index contributed by atoms with van der Waals surface area (Å²) in [5.74, 6) is -0.112. The van der Waals surface area contributed by atoms with E-state index in [-0.39, 0.29) is 17.9 Å². The van der Waals surface area contributed by atoms with Crippen molar-refractivity contribution in [1.82, 2.24) is 9.97 Å². The van der Waals surface area contributed by atoms with Crippen LogP contribution >= 0.6 is 11.3 Å². The van der Waals surface area contributed by atoms with Gasteiger partial charge in [0.1, 0.15) is 5.69 Å². The Kier molecular flexibility index (Phi) is 5.35. The van der Waals surface area contributed by atoms with Crippen LogP contribution in [0, 0.1) is 5.92 Å². The number of rotatable bonds is 3. The second-order valence-corrected chi connectivity index (χ2v) is 6.86. The van der Waals surface area contributed by atoms with E-state index in [1.54, 1.807) is 6.20 Å². The molecular formula is C17H22N4OS. The minimum absolute atomic E-state index is 0.00122. The number of carbonyl (C=O) groups excluding carboxylic acids is 1. The van der Waals surface area contributed by atoms with Gasteiger partial charge in [-0.3, -0.25) is 9.78 Å². The summed E-state index contributed by atoms with van der Waals surface area (Å²) in [6.07, 6.45) is 8.13. The van der Waals surface area contributed by atoms with E-state index in [1.807, 2.05) is 23.6 Å². The number of hydrogen-bond donors (Lipinski definition) is 2. The van der Waals surface area contributed by atoms with Crippen molar-refractivity contribution in [3.8, 4) is 11.4 Å². The number of nitrogens with one attached hydrogen (secondary N) is 1. The Balaban J connectivity index is 1.66. The van der Waals surface area contributed by atoms with Gasteiger partial charge in [0.25, 0.3) is 0 Å². The smallest absolute Gasteiger partial charge is 0.230 e. The van der Waals surface area contributed by atoms with Crippen LogP contribution in [0.5, 0.6) is 0 Å². The van der Waals surface area contributed by atoms with E-state index in [9.17, 15) is 4.79 Å². The van der Waals surface area contributed by atoms with Crippen LogP contribution in [0.1, 0.15) is 38.5 Å². The number of aromatic nitrogens is 2. The molecule has 0 radical (unpaired) electrons. The minimum atomic E-state index is -0.113. The van der Waals surface area contributed by atoms with Crippen molar-refractivity contribution in [1.29, 1.82) is 0 Å². The lowest BCUT2D eigenvalue weighted by Gasteiger charge is -2.24. The summed E-state index contributed by atoms with van der Waals surface area (Å²) in [6, 6.07) is 5.65. The lowest BCUT2D eigenvalue weighted by atomic mass is 9.87. The molecule has 2 atom stereocenters. The third kappa shape index (κ3) is 4.14. The zero-order chi connectivity index (χ0) is 16.1. The fourth-order valence-electron chi connectivity index (χ4n) is 3.00. The molecule has 0 aromatic carbocycles. The van der Waals surface area contributed by atoms with Gasteiger partial charge in [0.05, 0.1) is 11.6 Å². The zero-order valence-electron chi connectivity index (χ0n) is 13.1. The second-order valence-electron chi connectivity index (χ2n) is 6.00. The van der Waals surface area contributed by atoms with Crippen molar-refractivity contribution in [3.05, 3.63) is 29.8 Å². The van der Waals surface area contributed by atoms with Gasteiger partial charge in [0.2, 0.25) is 5.91 Å². The predicted octanol–water partition coefficient (Wildman–Crippen LogP) is 3.44. The average Bonchev–Trinajstić information content (AvgIpc) is 3.00. The normalized spacial score (nSPS) is 22.1. The summed E-state index contributed by atoms with van der Waals surface area (Å²) < 4.78 is 0. The Hall–Kier alpha value is -1.79. The molecule has 2 aromatic rings. The number of pyridine rings is 1. The number of hydrogen-bond acceptors (Lipinski definition) is 5. The molecule has 0 saturated heterocycles. The zero-order valence-corrected chi connectivity index (χ0v) is 13.9. The van der Waals surface area contributed by atoms with Crippen LogP contribution in [0.3, 0.4) is 0 Å². The van der Waals surface area contributed by atoms with Crippen molar-refractivity contribution >= 4 is 22.4 Å². The first-order valence-corrected chi connectivity index (χ1v) is 9.05. The molecule has 23 heavy (non-hydrogen) atoms. The fraction of sp³-hybridized carbons (Fsp3) is 0.471. The Morgan fingerprint density at radius 1 is 1.17 bits per heavy atom. The van der Waals surface area contributed by atoms with Crippen molar-refractivity contribution in [2.75, 3.05) is 5.32 Å². The Bertz CT molecular complexity index is 643. The molecule has 2 aromatic heterocycles. The molecule has 2 heterocycles. The van der Waals surface area contributed by atoms with Gasteiger partial charge in [-0.2, -0.15) is 0 Å². The van der Waals surface area contributed by atoms with Gasteiger partial charge >= 0.3 is 0 Å². The highest BCUT2D eigenvalue weighted by molar-refractivity contribution is 7.14. The van der Waals surface area contributed by atoms with Gasteiger partial charge in [0.15, 0.2) is 5.13 Å². The molecular weight excluding hydrogens is 308 g/mol. The highest BCUT2D eigenvalue weighted by atomic mass is 32.1. The summed E-state index contributed by atoms with van der Waals surface area (Å²) in [5, 5.41) is 5.47. The van der Waals surface area contributed by atoms with E-state index in [0.29, 0.717) is 5.13 Å². The molecule has 3 rings (SSSR count). The number of anilines is 1. The molecule has 0 spiro atoms. The Labute approximate surface area is 140 Å². The lowest BCUT2D eigenvalue weighted by Crippen LogP contribution is -2.39. The van der Waals surface area contributed by atoms with Gasteiger partial charge in [0, 0.05) is 17.6 Å². The monoisotopic (exact) mass is 330 g/mol. The number of thiazole rings is 1. The van der Waals surface area contributed by atoms with Crippen molar-refractivity contribution in [2.45, 2.75) is 44.6 Å². The van der Waals surface area contributed by atoms with Crippen molar-refractivity contribution in [2.24, 2.45) is 11.7 Å². The summed E-state index contributed by atoms with van der Waals surface area (Å²) in [4.78, 5) is 21.3. The van der Waals surface area contributed by atoms with Gasteiger partial charge in [-0.15, -0.1) is 11.3 Å². The molecule has 1 aliphatic carbocycles. The van der Waals surface area contributed by atoms with Crippen LogP contribution in [0.15, 0.2) is 29.8 Å². The first kappa shape index (κ1) is 16.1. The summed E-state index contributed by atoms with van der Waals surface area (Å²) >= 11 is 1.42. The average molecular weight is 330 g/mol. The molecule has 0 bridgehead atoms. The highest BCUT2D eigenvalue weighted by Crippen LogP contribution is 2.26. The first-order valence-electron chi connectivity index (χ1n) is 8.17.